The molecule has 0 fully saturated rings. The van der Waals surface area contributed by atoms with Crippen LogP contribution in [0.25, 0.3) is 0 Å². The van der Waals surface area contributed by atoms with E-state index in [9.17, 15) is 5.11 Å². The number of nitrogens with zero attached hydrogens (tertiary/aromatic N) is 2. The van der Waals surface area contributed by atoms with Crippen molar-refractivity contribution in [1.82, 2.24) is 9.78 Å². The van der Waals surface area contributed by atoms with Crippen molar-refractivity contribution in [3.8, 4) is 11.5 Å². The highest BCUT2D eigenvalue weighted by Gasteiger charge is 2.15. The average Bonchev–Trinajstić information content (AvgIpc) is 2.71. The van der Waals surface area contributed by atoms with Gasteiger partial charge in [-0.1, -0.05) is 23.7 Å². The van der Waals surface area contributed by atoms with Gasteiger partial charge in [0, 0.05) is 18.2 Å². The molecule has 0 amide bonds. The van der Waals surface area contributed by atoms with Crippen molar-refractivity contribution in [3.05, 3.63) is 40.2 Å². The summed E-state index contributed by atoms with van der Waals surface area (Å²) < 4.78 is 13.0. The summed E-state index contributed by atoms with van der Waals surface area (Å²) in [5, 5.41) is 14.2. The number of aliphatic hydroxyl groups excluding tert-OH is 1. The van der Waals surface area contributed by atoms with E-state index < -0.39 is 0 Å². The molecule has 114 valence electrons. The molecule has 2 aromatic rings. The minimum atomic E-state index is -0.115. The molecule has 1 aromatic heterocycles. The van der Waals surface area contributed by atoms with Crippen molar-refractivity contribution >= 4 is 11.6 Å². The molecule has 1 heterocycles. The monoisotopic (exact) mass is 310 g/mol. The Balaban J connectivity index is 2.26. The van der Waals surface area contributed by atoms with Gasteiger partial charge in [-0.25, -0.2) is 0 Å². The first-order chi connectivity index (χ1) is 10.1. The van der Waals surface area contributed by atoms with E-state index >= 15 is 0 Å². The second-order valence-corrected chi connectivity index (χ2v) is 4.96. The Morgan fingerprint density at radius 2 is 2.10 bits per heavy atom. The lowest BCUT2D eigenvalue weighted by Crippen LogP contribution is -2.03. The van der Waals surface area contributed by atoms with Gasteiger partial charge in [-0.05, 0) is 19.9 Å². The van der Waals surface area contributed by atoms with Crippen LogP contribution in [0.2, 0.25) is 5.15 Å². The molecule has 1 N–H and O–H groups in total. The minimum absolute atomic E-state index is 0.115. The van der Waals surface area contributed by atoms with Gasteiger partial charge in [0.2, 0.25) is 0 Å². The SMILES string of the molecule is CCOc1cccc(CO)c1OCc1c(C)nn(C)c1Cl. The number of ether oxygens (including phenoxy) is 2. The van der Waals surface area contributed by atoms with Gasteiger partial charge in [0.1, 0.15) is 11.8 Å². The molecule has 0 bridgehead atoms. The Bertz CT molecular complexity index is 626. The first-order valence-electron chi connectivity index (χ1n) is 6.74. The summed E-state index contributed by atoms with van der Waals surface area (Å²) >= 11 is 6.19. The van der Waals surface area contributed by atoms with Crippen LogP contribution in [-0.2, 0) is 20.3 Å². The van der Waals surface area contributed by atoms with E-state index in [2.05, 4.69) is 5.10 Å². The number of rotatable bonds is 6. The highest BCUT2D eigenvalue weighted by atomic mass is 35.5. The summed E-state index contributed by atoms with van der Waals surface area (Å²) in [5.74, 6) is 1.16. The van der Waals surface area contributed by atoms with Crippen LogP contribution >= 0.6 is 11.6 Å². The second-order valence-electron chi connectivity index (χ2n) is 4.60. The van der Waals surface area contributed by atoms with Crippen LogP contribution in [0.3, 0.4) is 0 Å². The third-order valence-electron chi connectivity index (χ3n) is 3.16. The zero-order chi connectivity index (χ0) is 15.4. The van der Waals surface area contributed by atoms with E-state index in [-0.39, 0.29) is 13.2 Å². The largest absolute Gasteiger partial charge is 0.490 e. The smallest absolute Gasteiger partial charge is 0.167 e. The van der Waals surface area contributed by atoms with E-state index in [0.717, 1.165) is 11.3 Å². The number of para-hydroxylation sites is 1. The Kier molecular flexibility index (Phi) is 5.09. The van der Waals surface area contributed by atoms with Gasteiger partial charge in [0.25, 0.3) is 0 Å². The lowest BCUT2D eigenvalue weighted by Gasteiger charge is -2.15. The molecule has 0 radical (unpaired) electrons. The zero-order valence-electron chi connectivity index (χ0n) is 12.4. The molecule has 0 saturated carbocycles. The molecule has 21 heavy (non-hydrogen) atoms. The van der Waals surface area contributed by atoms with Crippen molar-refractivity contribution in [2.75, 3.05) is 6.61 Å². The van der Waals surface area contributed by atoms with Gasteiger partial charge in [0.15, 0.2) is 11.5 Å². The molecule has 0 saturated heterocycles. The third-order valence-corrected chi connectivity index (χ3v) is 3.63. The normalized spacial score (nSPS) is 10.7. The number of halogens is 1. The van der Waals surface area contributed by atoms with Crippen molar-refractivity contribution in [1.29, 1.82) is 0 Å². The lowest BCUT2D eigenvalue weighted by atomic mass is 10.2. The standard InChI is InChI=1S/C15H19ClN2O3/c1-4-20-13-7-5-6-11(8-19)14(13)21-9-12-10(2)17-18(3)15(12)16/h5-7,19H,4,8-9H2,1-3H3. The molecular formula is C15H19ClN2O3. The Morgan fingerprint density at radius 3 is 2.67 bits per heavy atom. The fraction of sp³-hybridized carbons (Fsp3) is 0.400. The number of hydrogen-bond donors (Lipinski definition) is 1. The quantitative estimate of drug-likeness (QED) is 0.891. The van der Waals surface area contributed by atoms with E-state index in [1.807, 2.05) is 26.0 Å². The highest BCUT2D eigenvalue weighted by molar-refractivity contribution is 6.30. The fourth-order valence-electron chi connectivity index (χ4n) is 2.10. The minimum Gasteiger partial charge on any atom is -0.490 e. The van der Waals surface area contributed by atoms with Gasteiger partial charge in [-0.15, -0.1) is 0 Å². The fourth-order valence-corrected chi connectivity index (χ4v) is 2.33. The number of aliphatic hydroxyl groups is 1. The van der Waals surface area contributed by atoms with E-state index in [0.29, 0.717) is 28.8 Å². The van der Waals surface area contributed by atoms with Crippen LogP contribution < -0.4 is 9.47 Å². The van der Waals surface area contributed by atoms with Crippen LogP contribution in [0.15, 0.2) is 18.2 Å². The van der Waals surface area contributed by atoms with Crippen LogP contribution in [0.5, 0.6) is 11.5 Å². The summed E-state index contributed by atoms with van der Waals surface area (Å²) in [6.45, 7) is 4.47. The molecule has 0 unspecified atom stereocenters. The lowest BCUT2D eigenvalue weighted by molar-refractivity contribution is 0.243. The first-order valence-corrected chi connectivity index (χ1v) is 7.12. The second kappa shape index (κ2) is 6.83. The molecule has 0 aliphatic heterocycles. The maximum absolute atomic E-state index is 9.44. The van der Waals surface area contributed by atoms with Gasteiger partial charge in [-0.3, -0.25) is 4.68 Å². The molecule has 0 aliphatic carbocycles. The van der Waals surface area contributed by atoms with Gasteiger partial charge < -0.3 is 14.6 Å². The molecule has 5 nitrogen and oxygen atoms in total. The van der Waals surface area contributed by atoms with Gasteiger partial charge in [-0.2, -0.15) is 5.10 Å². The summed E-state index contributed by atoms with van der Waals surface area (Å²) in [4.78, 5) is 0. The van der Waals surface area contributed by atoms with Crippen molar-refractivity contribution < 1.29 is 14.6 Å². The zero-order valence-corrected chi connectivity index (χ0v) is 13.1. The molecule has 0 atom stereocenters. The Labute approximate surface area is 129 Å². The average molecular weight is 311 g/mol. The summed E-state index contributed by atoms with van der Waals surface area (Å²) in [5.41, 5.74) is 2.33. The van der Waals surface area contributed by atoms with Crippen molar-refractivity contribution in [2.24, 2.45) is 7.05 Å². The van der Waals surface area contributed by atoms with Crippen LogP contribution in [0.4, 0.5) is 0 Å². The van der Waals surface area contributed by atoms with Crippen molar-refractivity contribution in [2.45, 2.75) is 27.1 Å². The number of aromatic nitrogens is 2. The molecule has 1 aromatic carbocycles. The first kappa shape index (κ1) is 15.7. The maximum Gasteiger partial charge on any atom is 0.167 e. The van der Waals surface area contributed by atoms with E-state index in [1.165, 1.54) is 0 Å². The molecular weight excluding hydrogens is 292 g/mol. The number of benzene rings is 1. The molecule has 2 rings (SSSR count). The predicted octanol–water partition coefficient (Wildman–Crippen LogP) is 2.85. The van der Waals surface area contributed by atoms with Gasteiger partial charge >= 0.3 is 0 Å². The topological polar surface area (TPSA) is 56.5 Å². The van der Waals surface area contributed by atoms with Crippen LogP contribution in [0.1, 0.15) is 23.7 Å². The van der Waals surface area contributed by atoms with Crippen LogP contribution in [-0.4, -0.2) is 21.5 Å². The van der Waals surface area contributed by atoms with E-state index in [1.54, 1.807) is 17.8 Å². The predicted molar refractivity (Wildman–Crippen MR) is 80.8 cm³/mol. The van der Waals surface area contributed by atoms with Crippen molar-refractivity contribution in [3.63, 3.8) is 0 Å². The Hall–Kier alpha value is -1.72. The van der Waals surface area contributed by atoms with E-state index in [4.69, 9.17) is 21.1 Å². The molecule has 0 aliphatic rings. The number of aryl methyl sites for hydroxylation is 2. The van der Waals surface area contributed by atoms with Crippen LogP contribution in [0, 0.1) is 6.92 Å². The maximum atomic E-state index is 9.44. The number of hydrogen-bond acceptors (Lipinski definition) is 4. The summed E-state index contributed by atoms with van der Waals surface area (Å²) in [6.07, 6.45) is 0. The third kappa shape index (κ3) is 3.31. The summed E-state index contributed by atoms with van der Waals surface area (Å²) in [6, 6.07) is 5.44. The highest BCUT2D eigenvalue weighted by Crippen LogP contribution is 2.33. The molecule has 6 heteroatoms. The summed E-state index contributed by atoms with van der Waals surface area (Å²) in [7, 11) is 1.78. The van der Waals surface area contributed by atoms with Gasteiger partial charge in [0.05, 0.1) is 18.9 Å². The Morgan fingerprint density at radius 1 is 1.33 bits per heavy atom. The molecule has 0 spiro atoms.